The van der Waals surface area contributed by atoms with Gasteiger partial charge in [-0.3, -0.25) is 9.59 Å². The van der Waals surface area contributed by atoms with E-state index in [4.69, 9.17) is 9.47 Å². The molecule has 0 unspecified atom stereocenters. The van der Waals surface area contributed by atoms with Crippen molar-refractivity contribution in [2.24, 2.45) is 0 Å². The third kappa shape index (κ3) is 4.53. The monoisotopic (exact) mass is 410 g/mol. The molecule has 29 heavy (non-hydrogen) atoms. The quantitative estimate of drug-likeness (QED) is 0.736. The molecule has 7 nitrogen and oxygen atoms in total. The first-order valence-electron chi connectivity index (χ1n) is 8.43. The molecule has 2 amide bonds. The summed E-state index contributed by atoms with van der Waals surface area (Å²) in [5.41, 5.74) is 0.649. The summed E-state index contributed by atoms with van der Waals surface area (Å²) in [7, 11) is 2.88. The van der Waals surface area contributed by atoms with Gasteiger partial charge in [0.1, 0.15) is 23.3 Å². The van der Waals surface area contributed by atoms with Gasteiger partial charge in [0, 0.05) is 11.8 Å². The first-order chi connectivity index (χ1) is 13.7. The maximum absolute atomic E-state index is 12.8. The summed E-state index contributed by atoms with van der Waals surface area (Å²) in [4.78, 5) is 26.2. The van der Waals surface area contributed by atoms with Gasteiger partial charge in [-0.05, 0) is 36.4 Å². The first kappa shape index (κ1) is 20.3. The number of ether oxygens (including phenoxy) is 3. The average Bonchev–Trinajstić information content (AvgIpc) is 2.94. The summed E-state index contributed by atoms with van der Waals surface area (Å²) in [6, 6.07) is 8.70. The number of anilines is 2. The minimum Gasteiger partial charge on any atom is -0.497 e. The molecular formula is C19H17F3N2O5. The predicted octanol–water partition coefficient (Wildman–Crippen LogP) is 3.35. The molecule has 0 radical (unpaired) electrons. The van der Waals surface area contributed by atoms with Crippen LogP contribution in [0.1, 0.15) is 6.42 Å². The van der Waals surface area contributed by atoms with E-state index in [0.29, 0.717) is 17.2 Å². The Balaban J connectivity index is 1.76. The Bertz CT molecular complexity index is 915. The molecule has 1 saturated heterocycles. The van der Waals surface area contributed by atoms with Crippen molar-refractivity contribution >= 4 is 23.2 Å². The Kier molecular flexibility index (Phi) is 5.53. The molecule has 1 heterocycles. The van der Waals surface area contributed by atoms with E-state index in [2.05, 4.69) is 10.1 Å². The van der Waals surface area contributed by atoms with E-state index in [-0.39, 0.29) is 17.9 Å². The molecule has 0 bridgehead atoms. The summed E-state index contributed by atoms with van der Waals surface area (Å²) >= 11 is 0. The summed E-state index contributed by atoms with van der Waals surface area (Å²) in [6.45, 7) is 0. The van der Waals surface area contributed by atoms with E-state index in [1.54, 1.807) is 18.2 Å². The Labute approximate surface area is 164 Å². The summed E-state index contributed by atoms with van der Waals surface area (Å²) in [5.74, 6) is -0.538. The smallest absolute Gasteiger partial charge is 0.497 e. The highest BCUT2D eigenvalue weighted by atomic mass is 19.4. The van der Waals surface area contributed by atoms with E-state index < -0.39 is 24.2 Å². The number of benzene rings is 2. The minimum absolute atomic E-state index is 0.116. The zero-order chi connectivity index (χ0) is 21.2. The van der Waals surface area contributed by atoms with Crippen LogP contribution in [-0.2, 0) is 9.59 Å². The highest BCUT2D eigenvalue weighted by Crippen LogP contribution is 2.35. The molecule has 0 aliphatic carbocycles. The van der Waals surface area contributed by atoms with Crippen LogP contribution in [0, 0.1) is 0 Å². The number of imide groups is 1. The van der Waals surface area contributed by atoms with Crippen LogP contribution >= 0.6 is 0 Å². The number of amides is 2. The van der Waals surface area contributed by atoms with Crippen LogP contribution in [0.3, 0.4) is 0 Å². The molecule has 1 fully saturated rings. The van der Waals surface area contributed by atoms with E-state index in [0.717, 1.165) is 17.0 Å². The highest BCUT2D eigenvalue weighted by molar-refractivity contribution is 6.23. The molecule has 1 atom stereocenters. The van der Waals surface area contributed by atoms with Crippen LogP contribution < -0.4 is 24.4 Å². The van der Waals surface area contributed by atoms with Crippen LogP contribution in [0.4, 0.5) is 24.5 Å². The SMILES string of the molecule is COc1ccc(N2C(=O)C[C@H](Nc3ccc(OC(F)(F)F)cc3)C2=O)c(OC)c1. The number of hydrogen-bond donors (Lipinski definition) is 1. The highest BCUT2D eigenvalue weighted by Gasteiger charge is 2.41. The molecule has 10 heteroatoms. The van der Waals surface area contributed by atoms with Crippen LogP contribution in [0.5, 0.6) is 17.2 Å². The summed E-state index contributed by atoms with van der Waals surface area (Å²) in [6.07, 6.45) is -4.91. The molecule has 0 saturated carbocycles. The number of nitrogens with one attached hydrogen (secondary N) is 1. The number of nitrogens with zero attached hydrogens (tertiary/aromatic N) is 1. The van der Waals surface area contributed by atoms with Crippen LogP contribution in [0.2, 0.25) is 0 Å². The van der Waals surface area contributed by atoms with E-state index >= 15 is 0 Å². The lowest BCUT2D eigenvalue weighted by Gasteiger charge is -2.19. The lowest BCUT2D eigenvalue weighted by Crippen LogP contribution is -2.35. The van der Waals surface area contributed by atoms with Gasteiger partial charge in [0.25, 0.3) is 5.91 Å². The van der Waals surface area contributed by atoms with Gasteiger partial charge in [-0.15, -0.1) is 13.2 Å². The van der Waals surface area contributed by atoms with Crippen molar-refractivity contribution in [2.45, 2.75) is 18.8 Å². The second-order valence-electron chi connectivity index (χ2n) is 6.08. The zero-order valence-electron chi connectivity index (χ0n) is 15.4. The van der Waals surface area contributed by atoms with Crippen LogP contribution in [-0.4, -0.2) is 38.4 Å². The molecule has 0 aromatic heterocycles. The second kappa shape index (κ2) is 7.90. The molecule has 2 aromatic carbocycles. The number of halogens is 3. The Hall–Kier alpha value is -3.43. The molecule has 1 aliphatic rings. The number of methoxy groups -OCH3 is 2. The van der Waals surface area contributed by atoms with E-state index in [1.165, 1.54) is 26.4 Å². The topological polar surface area (TPSA) is 77.1 Å². The third-order valence-electron chi connectivity index (χ3n) is 4.20. The normalized spacial score (nSPS) is 16.7. The largest absolute Gasteiger partial charge is 0.573 e. The number of hydrogen-bond acceptors (Lipinski definition) is 6. The van der Waals surface area contributed by atoms with Gasteiger partial charge in [-0.2, -0.15) is 0 Å². The van der Waals surface area contributed by atoms with Gasteiger partial charge in [-0.25, -0.2) is 4.90 Å². The number of alkyl halides is 3. The molecule has 1 N–H and O–H groups in total. The zero-order valence-corrected chi connectivity index (χ0v) is 15.4. The van der Waals surface area contributed by atoms with Gasteiger partial charge >= 0.3 is 6.36 Å². The first-order valence-corrected chi connectivity index (χ1v) is 8.43. The van der Waals surface area contributed by atoms with E-state index in [1.807, 2.05) is 0 Å². The van der Waals surface area contributed by atoms with Crippen molar-refractivity contribution in [3.8, 4) is 17.2 Å². The second-order valence-corrected chi connectivity index (χ2v) is 6.08. The van der Waals surface area contributed by atoms with Gasteiger partial charge in [0.05, 0.1) is 26.3 Å². The Morgan fingerprint density at radius 1 is 1.00 bits per heavy atom. The minimum atomic E-state index is -4.79. The van der Waals surface area contributed by atoms with Crippen LogP contribution in [0.15, 0.2) is 42.5 Å². The number of carbonyl (C=O) groups excluding carboxylic acids is 2. The van der Waals surface area contributed by atoms with Crippen molar-refractivity contribution in [3.05, 3.63) is 42.5 Å². The number of carbonyl (C=O) groups is 2. The molecule has 1 aliphatic heterocycles. The van der Waals surface area contributed by atoms with Gasteiger partial charge < -0.3 is 19.5 Å². The molecule has 3 rings (SSSR count). The lowest BCUT2D eigenvalue weighted by molar-refractivity contribution is -0.274. The fourth-order valence-electron chi connectivity index (χ4n) is 2.92. The number of rotatable bonds is 6. The lowest BCUT2D eigenvalue weighted by atomic mass is 10.2. The Morgan fingerprint density at radius 2 is 1.66 bits per heavy atom. The van der Waals surface area contributed by atoms with E-state index in [9.17, 15) is 22.8 Å². The van der Waals surface area contributed by atoms with Gasteiger partial charge in [-0.1, -0.05) is 0 Å². The van der Waals surface area contributed by atoms with Crippen molar-refractivity contribution in [1.82, 2.24) is 0 Å². The molecule has 154 valence electrons. The Morgan fingerprint density at radius 3 is 2.24 bits per heavy atom. The van der Waals surface area contributed by atoms with Gasteiger partial charge in [0.15, 0.2) is 0 Å². The molecular weight excluding hydrogens is 393 g/mol. The molecule has 2 aromatic rings. The maximum atomic E-state index is 12.8. The van der Waals surface area contributed by atoms with Gasteiger partial charge in [0.2, 0.25) is 5.91 Å². The van der Waals surface area contributed by atoms with Crippen molar-refractivity contribution in [3.63, 3.8) is 0 Å². The van der Waals surface area contributed by atoms with Crippen molar-refractivity contribution < 1.29 is 37.0 Å². The maximum Gasteiger partial charge on any atom is 0.573 e. The summed E-state index contributed by atoms with van der Waals surface area (Å²) in [5, 5.41) is 2.86. The standard InChI is InChI=1S/C19H17F3N2O5/c1-27-13-7-8-15(16(9-13)28-2)24-17(25)10-14(18(24)26)23-11-3-5-12(6-4-11)29-19(20,21)22/h3-9,14,23H,10H2,1-2H3/t14-/m0/s1. The van der Waals surface area contributed by atoms with Crippen LogP contribution in [0.25, 0.3) is 0 Å². The summed E-state index contributed by atoms with van der Waals surface area (Å²) < 4.78 is 50.9. The predicted molar refractivity (Wildman–Crippen MR) is 97.2 cm³/mol. The van der Waals surface area contributed by atoms with Crippen molar-refractivity contribution in [1.29, 1.82) is 0 Å². The average molecular weight is 410 g/mol. The van der Waals surface area contributed by atoms with Crippen molar-refractivity contribution in [2.75, 3.05) is 24.4 Å². The fraction of sp³-hybridized carbons (Fsp3) is 0.263. The third-order valence-corrected chi connectivity index (χ3v) is 4.20. The fourth-order valence-corrected chi connectivity index (χ4v) is 2.92. The molecule has 0 spiro atoms.